The van der Waals surface area contributed by atoms with E-state index < -0.39 is 5.82 Å². The second-order valence-corrected chi connectivity index (χ2v) is 5.28. The van der Waals surface area contributed by atoms with Crippen LogP contribution in [0.3, 0.4) is 0 Å². The normalized spacial score (nSPS) is 10.4. The maximum Gasteiger partial charge on any atom is 0.249 e. The van der Waals surface area contributed by atoms with Crippen LogP contribution in [0.15, 0.2) is 48.7 Å². The fourth-order valence-electron chi connectivity index (χ4n) is 1.84. The molecule has 0 atom stereocenters. The number of hydrogen-bond acceptors (Lipinski definition) is 5. The van der Waals surface area contributed by atoms with Crippen LogP contribution in [0.2, 0.25) is 10.0 Å². The first-order valence-corrected chi connectivity index (χ1v) is 7.31. The molecule has 0 amide bonds. The molecular formula is C15H10Cl2FN5. The van der Waals surface area contributed by atoms with Crippen LogP contribution in [0.5, 0.6) is 0 Å². The van der Waals surface area contributed by atoms with Crippen LogP contribution >= 0.6 is 23.2 Å². The van der Waals surface area contributed by atoms with Gasteiger partial charge in [-0.05, 0) is 24.3 Å². The average Bonchev–Trinajstić information content (AvgIpc) is 2.55. The molecular weight excluding hydrogens is 340 g/mol. The Balaban J connectivity index is 1.83. The van der Waals surface area contributed by atoms with Gasteiger partial charge in [0, 0.05) is 0 Å². The Morgan fingerprint density at radius 3 is 2.52 bits per heavy atom. The highest BCUT2D eigenvalue weighted by Gasteiger charge is 2.08. The van der Waals surface area contributed by atoms with Crippen molar-refractivity contribution in [1.29, 1.82) is 0 Å². The van der Waals surface area contributed by atoms with Crippen molar-refractivity contribution in [2.24, 2.45) is 0 Å². The number of rotatable bonds is 4. The maximum absolute atomic E-state index is 13.6. The minimum absolute atomic E-state index is 0.151. The Labute approximate surface area is 141 Å². The van der Waals surface area contributed by atoms with Crippen molar-refractivity contribution >= 4 is 46.3 Å². The number of aromatic nitrogens is 3. The average molecular weight is 350 g/mol. The first-order valence-electron chi connectivity index (χ1n) is 6.56. The Morgan fingerprint density at radius 2 is 1.70 bits per heavy atom. The second kappa shape index (κ2) is 6.76. The van der Waals surface area contributed by atoms with Crippen LogP contribution in [0.4, 0.5) is 27.5 Å². The van der Waals surface area contributed by atoms with E-state index in [2.05, 4.69) is 25.8 Å². The molecule has 0 aliphatic heterocycles. The number of hydrogen-bond donors (Lipinski definition) is 2. The number of nitrogens with zero attached hydrogens (tertiary/aromatic N) is 3. The monoisotopic (exact) mass is 349 g/mol. The lowest BCUT2D eigenvalue weighted by Gasteiger charge is -2.09. The fraction of sp³-hybridized carbons (Fsp3) is 0. The van der Waals surface area contributed by atoms with Crippen molar-refractivity contribution in [2.75, 3.05) is 10.6 Å². The van der Waals surface area contributed by atoms with Gasteiger partial charge in [-0.2, -0.15) is 10.1 Å². The third kappa shape index (κ3) is 3.67. The van der Waals surface area contributed by atoms with Gasteiger partial charge in [0.05, 0.1) is 27.6 Å². The van der Waals surface area contributed by atoms with E-state index in [-0.39, 0.29) is 11.6 Å². The topological polar surface area (TPSA) is 62.7 Å². The molecule has 0 bridgehead atoms. The van der Waals surface area contributed by atoms with E-state index in [0.717, 1.165) is 0 Å². The molecule has 0 saturated heterocycles. The summed E-state index contributed by atoms with van der Waals surface area (Å²) >= 11 is 12.1. The maximum atomic E-state index is 13.6. The highest BCUT2D eigenvalue weighted by molar-refractivity contribution is 6.43. The molecule has 1 aromatic heterocycles. The van der Waals surface area contributed by atoms with E-state index in [1.807, 2.05) is 0 Å². The van der Waals surface area contributed by atoms with Crippen molar-refractivity contribution < 1.29 is 4.39 Å². The smallest absolute Gasteiger partial charge is 0.249 e. The number of nitrogens with one attached hydrogen (secondary N) is 2. The molecule has 2 N–H and O–H groups in total. The van der Waals surface area contributed by atoms with E-state index in [0.29, 0.717) is 21.6 Å². The van der Waals surface area contributed by atoms with Crippen molar-refractivity contribution in [1.82, 2.24) is 15.2 Å². The molecule has 0 unspecified atom stereocenters. The van der Waals surface area contributed by atoms with Gasteiger partial charge in [0.2, 0.25) is 5.95 Å². The Morgan fingerprint density at radius 1 is 0.913 bits per heavy atom. The predicted octanol–water partition coefficient (Wildman–Crippen LogP) is 4.80. The quantitative estimate of drug-likeness (QED) is 0.707. The van der Waals surface area contributed by atoms with Gasteiger partial charge in [-0.1, -0.05) is 41.4 Å². The molecule has 5 nitrogen and oxygen atoms in total. The molecule has 116 valence electrons. The van der Waals surface area contributed by atoms with E-state index in [1.54, 1.807) is 36.4 Å². The summed E-state index contributed by atoms with van der Waals surface area (Å²) in [6.07, 6.45) is 1.42. The SMILES string of the molecule is Fc1ccccc1Nc1nncc(Nc2cccc(Cl)c2Cl)n1. The molecule has 0 radical (unpaired) electrons. The van der Waals surface area contributed by atoms with Crippen LogP contribution in [0.25, 0.3) is 0 Å². The Kier molecular flexibility index (Phi) is 4.55. The Hall–Kier alpha value is -2.44. The van der Waals surface area contributed by atoms with E-state index in [1.165, 1.54) is 12.3 Å². The van der Waals surface area contributed by atoms with Crippen molar-refractivity contribution in [2.45, 2.75) is 0 Å². The molecule has 8 heteroatoms. The van der Waals surface area contributed by atoms with Gasteiger partial charge in [-0.25, -0.2) is 4.39 Å². The summed E-state index contributed by atoms with van der Waals surface area (Å²) in [5, 5.41) is 14.2. The summed E-state index contributed by atoms with van der Waals surface area (Å²) in [4.78, 5) is 4.21. The molecule has 2 aromatic carbocycles. The summed E-state index contributed by atoms with van der Waals surface area (Å²) in [7, 11) is 0. The Bertz CT molecular complexity index is 844. The minimum atomic E-state index is -0.410. The number of halogens is 3. The lowest BCUT2D eigenvalue weighted by molar-refractivity contribution is 0.631. The molecule has 0 saturated carbocycles. The highest BCUT2D eigenvalue weighted by Crippen LogP contribution is 2.31. The van der Waals surface area contributed by atoms with Gasteiger partial charge in [0.15, 0.2) is 5.82 Å². The zero-order valence-electron chi connectivity index (χ0n) is 11.6. The second-order valence-electron chi connectivity index (χ2n) is 4.50. The number of benzene rings is 2. The van der Waals surface area contributed by atoms with Gasteiger partial charge in [0.1, 0.15) is 5.82 Å². The van der Waals surface area contributed by atoms with Crippen LogP contribution in [-0.2, 0) is 0 Å². The van der Waals surface area contributed by atoms with Crippen LogP contribution < -0.4 is 10.6 Å². The standard InChI is InChI=1S/C15H10Cl2FN5/c16-9-4-3-7-12(14(9)17)20-13-8-19-23-15(22-13)21-11-6-2-1-5-10(11)18/h1-8H,(H2,20,21,22,23). The summed E-state index contributed by atoms with van der Waals surface area (Å²) in [5.41, 5.74) is 0.837. The molecule has 1 heterocycles. The molecule has 23 heavy (non-hydrogen) atoms. The molecule has 0 aliphatic rings. The zero-order chi connectivity index (χ0) is 16.2. The van der Waals surface area contributed by atoms with Gasteiger partial charge in [-0.15, -0.1) is 5.10 Å². The summed E-state index contributed by atoms with van der Waals surface area (Å²) in [5.74, 6) is 0.133. The van der Waals surface area contributed by atoms with Crippen molar-refractivity contribution in [3.63, 3.8) is 0 Å². The van der Waals surface area contributed by atoms with Gasteiger partial charge in [0.25, 0.3) is 0 Å². The van der Waals surface area contributed by atoms with Crippen LogP contribution in [0, 0.1) is 5.82 Å². The molecule has 3 rings (SSSR count). The van der Waals surface area contributed by atoms with Crippen LogP contribution in [0.1, 0.15) is 0 Å². The van der Waals surface area contributed by atoms with Crippen LogP contribution in [-0.4, -0.2) is 15.2 Å². The van der Waals surface area contributed by atoms with Crippen molar-refractivity contribution in [3.8, 4) is 0 Å². The molecule has 0 fully saturated rings. The third-order valence-corrected chi connectivity index (χ3v) is 3.71. The molecule has 0 aliphatic carbocycles. The number of anilines is 4. The predicted molar refractivity (Wildman–Crippen MR) is 89.3 cm³/mol. The van der Waals surface area contributed by atoms with E-state index in [9.17, 15) is 4.39 Å². The lowest BCUT2D eigenvalue weighted by atomic mass is 10.3. The minimum Gasteiger partial charge on any atom is -0.338 e. The van der Waals surface area contributed by atoms with E-state index >= 15 is 0 Å². The first-order chi connectivity index (χ1) is 11.1. The first kappa shape index (κ1) is 15.5. The zero-order valence-corrected chi connectivity index (χ0v) is 13.1. The summed E-state index contributed by atoms with van der Waals surface area (Å²) < 4.78 is 13.6. The summed E-state index contributed by atoms with van der Waals surface area (Å²) in [6.45, 7) is 0. The molecule has 3 aromatic rings. The number of para-hydroxylation sites is 1. The molecule has 0 spiro atoms. The van der Waals surface area contributed by atoms with Gasteiger partial charge < -0.3 is 10.6 Å². The van der Waals surface area contributed by atoms with Crippen molar-refractivity contribution in [3.05, 3.63) is 64.5 Å². The van der Waals surface area contributed by atoms with Gasteiger partial charge >= 0.3 is 0 Å². The third-order valence-electron chi connectivity index (χ3n) is 2.89. The largest absolute Gasteiger partial charge is 0.338 e. The van der Waals surface area contributed by atoms with Gasteiger partial charge in [-0.3, -0.25) is 0 Å². The summed E-state index contributed by atoms with van der Waals surface area (Å²) in [6, 6.07) is 11.4. The van der Waals surface area contributed by atoms with E-state index in [4.69, 9.17) is 23.2 Å². The fourth-order valence-corrected chi connectivity index (χ4v) is 2.19. The lowest BCUT2D eigenvalue weighted by Crippen LogP contribution is -2.03. The highest BCUT2D eigenvalue weighted by atomic mass is 35.5.